The summed E-state index contributed by atoms with van der Waals surface area (Å²) in [7, 11) is 1.32. The van der Waals surface area contributed by atoms with Crippen LogP contribution < -0.4 is 5.32 Å². The number of amides is 1. The summed E-state index contributed by atoms with van der Waals surface area (Å²) in [5.74, 6) is -0.886. The Morgan fingerprint density at radius 1 is 1.43 bits per heavy atom. The third kappa shape index (κ3) is 2.93. The number of hydrogen-bond donors (Lipinski definition) is 2. The molecular formula is C17H19FN2O3. The van der Waals surface area contributed by atoms with Crippen LogP contribution in [0.25, 0.3) is 10.9 Å². The van der Waals surface area contributed by atoms with Crippen molar-refractivity contribution in [1.82, 2.24) is 10.3 Å². The fourth-order valence-electron chi connectivity index (χ4n) is 3.00. The number of carbonyl (C=O) groups is 2. The number of ether oxygens (including phenoxy) is 1. The molecule has 0 bridgehead atoms. The van der Waals surface area contributed by atoms with Gasteiger partial charge in [0.05, 0.1) is 13.5 Å². The Hall–Kier alpha value is -2.37. The predicted molar refractivity (Wildman–Crippen MR) is 83.2 cm³/mol. The van der Waals surface area contributed by atoms with Gasteiger partial charge < -0.3 is 15.0 Å². The maximum absolute atomic E-state index is 13.2. The Morgan fingerprint density at radius 2 is 2.17 bits per heavy atom. The van der Waals surface area contributed by atoms with Crippen LogP contribution in [0.3, 0.4) is 0 Å². The van der Waals surface area contributed by atoms with E-state index in [4.69, 9.17) is 4.74 Å². The first-order valence-corrected chi connectivity index (χ1v) is 7.59. The highest BCUT2D eigenvalue weighted by Gasteiger charge is 2.49. The molecule has 1 atom stereocenters. The van der Waals surface area contributed by atoms with E-state index in [0.717, 1.165) is 23.8 Å². The minimum absolute atomic E-state index is 0.116. The minimum atomic E-state index is -0.982. The maximum atomic E-state index is 13.2. The average Bonchev–Trinajstić information content (AvgIpc) is 3.30. The Kier molecular flexibility index (Phi) is 3.83. The molecule has 1 aliphatic carbocycles. The average molecular weight is 318 g/mol. The molecule has 1 aromatic carbocycles. The van der Waals surface area contributed by atoms with Crippen LogP contribution in [0.15, 0.2) is 24.4 Å². The van der Waals surface area contributed by atoms with Crippen LogP contribution in [-0.2, 0) is 20.7 Å². The first-order valence-electron chi connectivity index (χ1n) is 7.59. The minimum Gasteiger partial charge on any atom is -0.467 e. The highest BCUT2D eigenvalue weighted by molar-refractivity contribution is 5.92. The number of methoxy groups -OCH3 is 1. The van der Waals surface area contributed by atoms with Crippen molar-refractivity contribution in [2.45, 2.75) is 31.7 Å². The summed E-state index contributed by atoms with van der Waals surface area (Å²) in [6, 6.07) is 4.39. The van der Waals surface area contributed by atoms with Crippen molar-refractivity contribution in [2.24, 2.45) is 5.92 Å². The number of H-pyrrole nitrogens is 1. The third-order valence-electron chi connectivity index (χ3n) is 4.48. The number of halogens is 1. The monoisotopic (exact) mass is 318 g/mol. The van der Waals surface area contributed by atoms with Gasteiger partial charge in [0.15, 0.2) is 0 Å². The van der Waals surface area contributed by atoms with Crippen LogP contribution in [0.1, 0.15) is 25.3 Å². The summed E-state index contributed by atoms with van der Waals surface area (Å²) in [6.45, 7) is 1.71. The van der Waals surface area contributed by atoms with Crippen LogP contribution in [0.2, 0.25) is 0 Å². The van der Waals surface area contributed by atoms with Gasteiger partial charge in [-0.15, -0.1) is 0 Å². The Bertz CT molecular complexity index is 766. The Morgan fingerprint density at radius 3 is 2.83 bits per heavy atom. The molecule has 1 aliphatic rings. The summed E-state index contributed by atoms with van der Waals surface area (Å²) < 4.78 is 18.0. The number of aromatic nitrogens is 1. The molecule has 1 aromatic heterocycles. The topological polar surface area (TPSA) is 71.2 Å². The van der Waals surface area contributed by atoms with Gasteiger partial charge in [0, 0.05) is 17.1 Å². The summed E-state index contributed by atoms with van der Waals surface area (Å²) in [6.07, 6.45) is 3.61. The smallest absolute Gasteiger partial charge is 0.331 e. The second-order valence-corrected chi connectivity index (χ2v) is 6.20. The number of esters is 1. The predicted octanol–water partition coefficient (Wildman–Crippen LogP) is 2.31. The van der Waals surface area contributed by atoms with Crippen molar-refractivity contribution >= 4 is 22.8 Å². The van der Waals surface area contributed by atoms with Gasteiger partial charge in [0.1, 0.15) is 11.4 Å². The van der Waals surface area contributed by atoms with Crippen molar-refractivity contribution in [2.75, 3.05) is 7.11 Å². The molecular weight excluding hydrogens is 299 g/mol. The van der Waals surface area contributed by atoms with E-state index < -0.39 is 11.5 Å². The van der Waals surface area contributed by atoms with Gasteiger partial charge in [-0.25, -0.2) is 9.18 Å². The first-order chi connectivity index (χ1) is 10.9. The third-order valence-corrected chi connectivity index (χ3v) is 4.48. The molecule has 0 spiro atoms. The van der Waals surface area contributed by atoms with Gasteiger partial charge in [-0.2, -0.15) is 0 Å². The lowest BCUT2D eigenvalue weighted by Crippen LogP contribution is -2.55. The highest BCUT2D eigenvalue weighted by atomic mass is 19.1. The summed E-state index contributed by atoms with van der Waals surface area (Å²) in [5.41, 5.74) is 0.426. The lowest BCUT2D eigenvalue weighted by atomic mass is 9.95. The Labute approximate surface area is 133 Å². The van der Waals surface area contributed by atoms with E-state index in [1.165, 1.54) is 19.2 Å². The lowest BCUT2D eigenvalue weighted by Gasteiger charge is -2.27. The molecule has 1 amide bonds. The van der Waals surface area contributed by atoms with Crippen LogP contribution in [0.5, 0.6) is 0 Å². The van der Waals surface area contributed by atoms with E-state index in [9.17, 15) is 14.0 Å². The molecule has 23 heavy (non-hydrogen) atoms. The van der Waals surface area contributed by atoms with Gasteiger partial charge in [-0.05, 0) is 49.4 Å². The van der Waals surface area contributed by atoms with Gasteiger partial charge in [0.2, 0.25) is 5.91 Å². The van der Waals surface area contributed by atoms with E-state index in [1.54, 1.807) is 19.2 Å². The van der Waals surface area contributed by atoms with Crippen molar-refractivity contribution < 1.29 is 18.7 Å². The number of hydrogen-bond acceptors (Lipinski definition) is 3. The second kappa shape index (κ2) is 5.68. The molecule has 5 nitrogen and oxygen atoms in total. The first kappa shape index (κ1) is 15.5. The molecule has 1 fully saturated rings. The van der Waals surface area contributed by atoms with E-state index in [2.05, 4.69) is 10.3 Å². The fourth-order valence-corrected chi connectivity index (χ4v) is 3.00. The number of benzene rings is 1. The molecule has 122 valence electrons. The zero-order chi connectivity index (χ0) is 16.6. The number of rotatable bonds is 5. The summed E-state index contributed by atoms with van der Waals surface area (Å²) >= 11 is 0. The molecule has 3 rings (SSSR count). The number of carbonyl (C=O) groups excluding carboxylic acids is 2. The fraction of sp³-hybridized carbons (Fsp3) is 0.412. The van der Waals surface area contributed by atoms with E-state index >= 15 is 0 Å². The van der Waals surface area contributed by atoms with E-state index in [0.29, 0.717) is 5.52 Å². The van der Waals surface area contributed by atoms with Crippen LogP contribution in [-0.4, -0.2) is 29.5 Å². The Balaban J connectivity index is 1.76. The quantitative estimate of drug-likeness (QED) is 0.831. The number of nitrogens with one attached hydrogen (secondary N) is 2. The standard InChI is InChI=1S/C17H19FN2O3/c1-17(11-3-4-11,16(22)23-2)20-15(21)7-10-9-19-14-8-12(18)5-6-13(10)14/h5-6,8-9,11,19H,3-4,7H2,1-2H3,(H,20,21)/t17-/m1/s1. The zero-order valence-electron chi connectivity index (χ0n) is 13.1. The van der Waals surface area contributed by atoms with Crippen LogP contribution in [0.4, 0.5) is 4.39 Å². The SMILES string of the molecule is COC(=O)[C@](C)(NC(=O)Cc1c[nH]c2cc(F)ccc12)C1CC1. The lowest BCUT2D eigenvalue weighted by molar-refractivity contribution is -0.151. The van der Waals surface area contributed by atoms with E-state index in [-0.39, 0.29) is 24.1 Å². The normalized spacial score (nSPS) is 16.8. The van der Waals surface area contributed by atoms with Crippen molar-refractivity contribution in [3.63, 3.8) is 0 Å². The maximum Gasteiger partial charge on any atom is 0.331 e. The molecule has 2 aromatic rings. The van der Waals surface area contributed by atoms with Gasteiger partial charge in [-0.3, -0.25) is 4.79 Å². The van der Waals surface area contributed by atoms with E-state index in [1.807, 2.05) is 0 Å². The molecule has 0 unspecified atom stereocenters. The second-order valence-electron chi connectivity index (χ2n) is 6.20. The highest BCUT2D eigenvalue weighted by Crippen LogP contribution is 2.40. The van der Waals surface area contributed by atoms with Gasteiger partial charge in [-0.1, -0.05) is 0 Å². The zero-order valence-corrected chi connectivity index (χ0v) is 13.1. The summed E-state index contributed by atoms with van der Waals surface area (Å²) in [4.78, 5) is 27.4. The van der Waals surface area contributed by atoms with Gasteiger partial charge in [0.25, 0.3) is 0 Å². The molecule has 0 saturated heterocycles. The summed E-state index contributed by atoms with van der Waals surface area (Å²) in [5, 5.41) is 3.62. The molecule has 0 radical (unpaired) electrons. The molecule has 2 N–H and O–H groups in total. The largest absolute Gasteiger partial charge is 0.467 e. The van der Waals surface area contributed by atoms with Crippen LogP contribution in [0, 0.1) is 11.7 Å². The number of aromatic amines is 1. The molecule has 1 saturated carbocycles. The van der Waals surface area contributed by atoms with Crippen LogP contribution >= 0.6 is 0 Å². The molecule has 0 aliphatic heterocycles. The van der Waals surface area contributed by atoms with Crippen molar-refractivity contribution in [3.05, 3.63) is 35.8 Å². The molecule has 1 heterocycles. The molecule has 6 heteroatoms. The van der Waals surface area contributed by atoms with Crippen molar-refractivity contribution in [1.29, 1.82) is 0 Å². The van der Waals surface area contributed by atoms with Crippen molar-refractivity contribution in [3.8, 4) is 0 Å². The number of fused-ring (bicyclic) bond motifs is 1. The van der Waals surface area contributed by atoms with Gasteiger partial charge >= 0.3 is 5.97 Å².